The predicted octanol–water partition coefficient (Wildman–Crippen LogP) is 4.92. The first-order valence-corrected chi connectivity index (χ1v) is 7.80. The summed E-state index contributed by atoms with van der Waals surface area (Å²) in [6, 6.07) is 2.11. The zero-order valence-corrected chi connectivity index (χ0v) is 15.3. The Labute approximate surface area is 130 Å². The number of rotatable bonds is 3. The van der Waals surface area contributed by atoms with Gasteiger partial charge in [-0.15, -0.1) is 0 Å². The fourth-order valence-electron chi connectivity index (χ4n) is 3.51. The number of phenols is 1. The molecule has 0 aliphatic heterocycles. The number of hydrogen-bond acceptors (Lipinski definition) is 2. The van der Waals surface area contributed by atoms with E-state index >= 15 is 0 Å². The van der Waals surface area contributed by atoms with Gasteiger partial charge in [-0.05, 0) is 67.7 Å². The molecule has 1 rings (SSSR count). The molecule has 21 heavy (non-hydrogen) atoms. The molecule has 0 aromatic heterocycles. The molecule has 0 amide bonds. The van der Waals surface area contributed by atoms with Gasteiger partial charge in [0.05, 0.1) is 0 Å². The zero-order chi connectivity index (χ0) is 16.8. The molecule has 0 unspecified atom stereocenters. The van der Waals surface area contributed by atoms with Gasteiger partial charge in [0, 0.05) is 11.1 Å². The second-order valence-electron chi connectivity index (χ2n) is 8.91. The molecule has 0 atom stereocenters. The maximum Gasteiger partial charge on any atom is 0.122 e. The van der Waals surface area contributed by atoms with Crippen LogP contribution in [0.25, 0.3) is 0 Å². The summed E-state index contributed by atoms with van der Waals surface area (Å²) in [6.07, 6.45) is 1.00. The molecule has 1 aromatic carbocycles. The topological polar surface area (TPSA) is 46.2 Å². The minimum atomic E-state index is -0.408. The molecule has 0 aliphatic carbocycles. The Hall–Kier alpha value is -1.02. The SMILES string of the molecule is Cc1c(C(C)(C)N)cc(C(C)(C)CC(C)(C)C)c(O)c1C. The van der Waals surface area contributed by atoms with Gasteiger partial charge >= 0.3 is 0 Å². The molecule has 0 spiro atoms. The van der Waals surface area contributed by atoms with Gasteiger partial charge in [0.2, 0.25) is 0 Å². The summed E-state index contributed by atoms with van der Waals surface area (Å²) in [4.78, 5) is 0. The van der Waals surface area contributed by atoms with Crippen molar-refractivity contribution < 1.29 is 5.11 Å². The molecule has 2 nitrogen and oxygen atoms in total. The lowest BCUT2D eigenvalue weighted by Gasteiger charge is -2.35. The molecule has 0 heterocycles. The van der Waals surface area contributed by atoms with E-state index in [-0.39, 0.29) is 10.8 Å². The van der Waals surface area contributed by atoms with Crippen molar-refractivity contribution in [3.8, 4) is 5.75 Å². The summed E-state index contributed by atoms with van der Waals surface area (Å²) >= 11 is 0. The van der Waals surface area contributed by atoms with E-state index in [2.05, 4.69) is 40.7 Å². The third-order valence-corrected chi connectivity index (χ3v) is 4.26. The fraction of sp³-hybridized carbons (Fsp3) is 0.684. The molecule has 0 aliphatic rings. The first-order valence-electron chi connectivity index (χ1n) is 7.80. The highest BCUT2D eigenvalue weighted by atomic mass is 16.3. The van der Waals surface area contributed by atoms with Crippen LogP contribution in [0.1, 0.15) is 77.1 Å². The van der Waals surface area contributed by atoms with E-state index in [4.69, 9.17) is 5.73 Å². The highest BCUT2D eigenvalue weighted by Crippen LogP contribution is 2.43. The summed E-state index contributed by atoms with van der Waals surface area (Å²) < 4.78 is 0. The number of nitrogens with two attached hydrogens (primary N) is 1. The van der Waals surface area contributed by atoms with E-state index in [1.807, 2.05) is 27.7 Å². The fourth-order valence-corrected chi connectivity index (χ4v) is 3.51. The standard InChI is InChI=1S/C19H33NO/c1-12-13(2)16(21)15(10-14(12)19(8,9)20)18(6,7)11-17(3,4)5/h10,21H,11,20H2,1-9H3. The van der Waals surface area contributed by atoms with Crippen LogP contribution in [0.2, 0.25) is 0 Å². The lowest BCUT2D eigenvalue weighted by Crippen LogP contribution is -2.31. The predicted molar refractivity (Wildman–Crippen MR) is 91.9 cm³/mol. The van der Waals surface area contributed by atoms with Crippen molar-refractivity contribution in [1.29, 1.82) is 0 Å². The molecule has 0 saturated carbocycles. The van der Waals surface area contributed by atoms with Gasteiger partial charge in [-0.2, -0.15) is 0 Å². The summed E-state index contributed by atoms with van der Waals surface area (Å²) in [5, 5.41) is 10.7. The summed E-state index contributed by atoms with van der Waals surface area (Å²) in [6.45, 7) is 19.2. The summed E-state index contributed by atoms with van der Waals surface area (Å²) in [5.74, 6) is 0.426. The highest BCUT2D eigenvalue weighted by molar-refractivity contribution is 5.53. The van der Waals surface area contributed by atoms with E-state index in [1.54, 1.807) is 0 Å². The average Bonchev–Trinajstić information content (AvgIpc) is 2.20. The molecule has 1 aromatic rings. The van der Waals surface area contributed by atoms with Crippen LogP contribution in [0.3, 0.4) is 0 Å². The van der Waals surface area contributed by atoms with Crippen LogP contribution in [0.4, 0.5) is 0 Å². The van der Waals surface area contributed by atoms with Crippen molar-refractivity contribution in [2.75, 3.05) is 0 Å². The normalized spacial score (nSPS) is 13.6. The van der Waals surface area contributed by atoms with Gasteiger partial charge in [-0.1, -0.05) is 34.6 Å². The highest BCUT2D eigenvalue weighted by Gasteiger charge is 2.32. The van der Waals surface area contributed by atoms with Crippen LogP contribution < -0.4 is 5.73 Å². The Balaban J connectivity index is 3.54. The Kier molecular flexibility index (Phi) is 4.56. The van der Waals surface area contributed by atoms with Crippen LogP contribution in [-0.4, -0.2) is 5.11 Å². The molecule has 0 fully saturated rings. The number of phenolic OH excluding ortho intramolecular Hbond substituents is 1. The largest absolute Gasteiger partial charge is 0.507 e. The van der Waals surface area contributed by atoms with Crippen molar-refractivity contribution in [3.05, 3.63) is 28.3 Å². The lowest BCUT2D eigenvalue weighted by atomic mass is 9.70. The summed E-state index contributed by atoms with van der Waals surface area (Å²) in [7, 11) is 0. The molecular formula is C19H33NO. The van der Waals surface area contributed by atoms with Gasteiger partial charge in [-0.25, -0.2) is 0 Å². The first kappa shape index (κ1) is 18.0. The number of hydrogen-bond donors (Lipinski definition) is 2. The number of benzene rings is 1. The maximum absolute atomic E-state index is 10.7. The van der Waals surface area contributed by atoms with Gasteiger partial charge in [0.25, 0.3) is 0 Å². The third kappa shape index (κ3) is 4.00. The second-order valence-corrected chi connectivity index (χ2v) is 8.91. The van der Waals surface area contributed by atoms with Gasteiger partial charge < -0.3 is 10.8 Å². The number of aromatic hydroxyl groups is 1. The van der Waals surface area contributed by atoms with Crippen LogP contribution >= 0.6 is 0 Å². The monoisotopic (exact) mass is 291 g/mol. The molecule has 120 valence electrons. The van der Waals surface area contributed by atoms with Crippen LogP contribution in [0, 0.1) is 19.3 Å². The second kappa shape index (κ2) is 5.31. The average molecular weight is 291 g/mol. The smallest absolute Gasteiger partial charge is 0.122 e. The minimum absolute atomic E-state index is 0.0964. The van der Waals surface area contributed by atoms with Crippen molar-refractivity contribution in [2.24, 2.45) is 11.1 Å². The van der Waals surface area contributed by atoms with E-state index in [1.165, 1.54) is 0 Å². The minimum Gasteiger partial charge on any atom is -0.507 e. The van der Waals surface area contributed by atoms with Gasteiger partial charge in [0.15, 0.2) is 0 Å². The van der Waals surface area contributed by atoms with Crippen molar-refractivity contribution in [1.82, 2.24) is 0 Å². The maximum atomic E-state index is 10.7. The van der Waals surface area contributed by atoms with Crippen molar-refractivity contribution >= 4 is 0 Å². The zero-order valence-electron chi connectivity index (χ0n) is 15.3. The molecule has 0 saturated heterocycles. The Morgan fingerprint density at radius 3 is 1.76 bits per heavy atom. The Bertz CT molecular complexity index is 528. The molecule has 3 N–H and O–H groups in total. The molecule has 0 radical (unpaired) electrons. The quantitative estimate of drug-likeness (QED) is 0.830. The van der Waals surface area contributed by atoms with Gasteiger partial charge in [-0.3, -0.25) is 0 Å². The lowest BCUT2D eigenvalue weighted by molar-refractivity contribution is 0.278. The Morgan fingerprint density at radius 1 is 0.905 bits per heavy atom. The van der Waals surface area contributed by atoms with Crippen LogP contribution in [0.5, 0.6) is 5.75 Å². The molecular weight excluding hydrogens is 258 g/mol. The van der Waals surface area contributed by atoms with Gasteiger partial charge in [0.1, 0.15) is 5.75 Å². The van der Waals surface area contributed by atoms with E-state index in [0.29, 0.717) is 5.75 Å². The molecule has 0 bridgehead atoms. The van der Waals surface area contributed by atoms with E-state index in [9.17, 15) is 5.11 Å². The third-order valence-electron chi connectivity index (χ3n) is 4.26. The molecule has 2 heteroatoms. The summed E-state index contributed by atoms with van der Waals surface area (Å²) in [5.41, 5.74) is 10.2. The van der Waals surface area contributed by atoms with Crippen LogP contribution in [-0.2, 0) is 11.0 Å². The Morgan fingerprint density at radius 2 is 1.38 bits per heavy atom. The van der Waals surface area contributed by atoms with Crippen molar-refractivity contribution in [2.45, 2.75) is 79.7 Å². The van der Waals surface area contributed by atoms with E-state index in [0.717, 1.165) is 28.7 Å². The van der Waals surface area contributed by atoms with Crippen LogP contribution in [0.15, 0.2) is 6.07 Å². The van der Waals surface area contributed by atoms with E-state index < -0.39 is 5.54 Å². The van der Waals surface area contributed by atoms with Crippen molar-refractivity contribution in [3.63, 3.8) is 0 Å². The first-order chi connectivity index (χ1) is 9.17.